The van der Waals surface area contributed by atoms with E-state index in [1.54, 1.807) is 4.90 Å². The summed E-state index contributed by atoms with van der Waals surface area (Å²) in [6.45, 7) is 8.10. The molecule has 2 N–H and O–H groups in total. The Hall–Kier alpha value is -3.06. The summed E-state index contributed by atoms with van der Waals surface area (Å²) < 4.78 is 10.8. The first-order chi connectivity index (χ1) is 16.1. The zero-order valence-corrected chi connectivity index (χ0v) is 20.5. The fraction of sp³-hybridized carbons (Fsp3) is 0.481. The molecule has 1 saturated heterocycles. The van der Waals surface area contributed by atoms with E-state index in [1.165, 1.54) is 0 Å². The van der Waals surface area contributed by atoms with Crippen LogP contribution in [0.1, 0.15) is 75.8 Å². The summed E-state index contributed by atoms with van der Waals surface area (Å²) in [5.74, 6) is 0. The molecule has 7 nitrogen and oxygen atoms in total. The molecule has 34 heavy (non-hydrogen) atoms. The molecule has 1 aliphatic heterocycles. The molecular weight excluding hydrogens is 432 g/mol. The molecule has 0 saturated carbocycles. The molecule has 1 aliphatic rings. The van der Waals surface area contributed by atoms with Crippen molar-refractivity contribution in [2.45, 2.75) is 77.4 Å². The first kappa shape index (κ1) is 25.6. The van der Waals surface area contributed by atoms with Crippen molar-refractivity contribution in [2.24, 2.45) is 0 Å². The van der Waals surface area contributed by atoms with Crippen LogP contribution in [0.25, 0.3) is 0 Å². The summed E-state index contributed by atoms with van der Waals surface area (Å²) in [5.41, 5.74) is 1.98. The monoisotopic (exact) mass is 468 g/mol. The standard InChI is InChI=1S/C27H36N2O5/c1-19(28-25(31)34-27(2,3)4)21-13-15-22(16-14-21)24(30)23-12-8-9-17-29(23)26(32)33-18-20-10-6-5-7-11-20/h5-7,10-11,13-16,19,23-24,30H,8-9,12,17-18H2,1-4H3,(H,28,31)/t19-,23+,24?/m0/s1. The molecule has 0 bridgehead atoms. The number of rotatable bonds is 6. The van der Waals surface area contributed by atoms with E-state index in [0.29, 0.717) is 13.0 Å². The number of likely N-dealkylation sites (tertiary alicyclic amines) is 1. The van der Waals surface area contributed by atoms with Crippen molar-refractivity contribution in [3.63, 3.8) is 0 Å². The van der Waals surface area contributed by atoms with Crippen molar-refractivity contribution in [2.75, 3.05) is 6.54 Å². The maximum absolute atomic E-state index is 12.8. The number of piperidine rings is 1. The zero-order chi connectivity index (χ0) is 24.7. The summed E-state index contributed by atoms with van der Waals surface area (Å²) in [5, 5.41) is 13.9. The van der Waals surface area contributed by atoms with Crippen LogP contribution in [-0.4, -0.2) is 40.4 Å². The van der Waals surface area contributed by atoms with Gasteiger partial charge in [-0.3, -0.25) is 0 Å². The van der Waals surface area contributed by atoms with Crippen molar-refractivity contribution in [1.29, 1.82) is 0 Å². The number of ether oxygens (including phenoxy) is 2. The van der Waals surface area contributed by atoms with E-state index < -0.39 is 23.9 Å². The maximum Gasteiger partial charge on any atom is 0.410 e. The molecule has 3 rings (SSSR count). The van der Waals surface area contributed by atoms with E-state index in [9.17, 15) is 14.7 Å². The van der Waals surface area contributed by atoms with E-state index in [4.69, 9.17) is 9.47 Å². The number of alkyl carbamates (subject to hydrolysis) is 1. The number of carbonyl (C=O) groups is 2. The lowest BCUT2D eigenvalue weighted by Crippen LogP contribution is -2.47. The van der Waals surface area contributed by atoms with Crippen LogP contribution in [0, 0.1) is 0 Å². The van der Waals surface area contributed by atoms with Crippen molar-refractivity contribution in [3.8, 4) is 0 Å². The normalized spacial score (nSPS) is 18.0. The number of carbonyl (C=O) groups excluding carboxylic acids is 2. The number of hydrogen-bond acceptors (Lipinski definition) is 5. The van der Waals surface area contributed by atoms with Gasteiger partial charge in [-0.05, 0) is 63.6 Å². The minimum Gasteiger partial charge on any atom is -0.445 e. The van der Waals surface area contributed by atoms with Gasteiger partial charge < -0.3 is 24.8 Å². The highest BCUT2D eigenvalue weighted by atomic mass is 16.6. The van der Waals surface area contributed by atoms with Gasteiger partial charge in [-0.1, -0.05) is 54.6 Å². The van der Waals surface area contributed by atoms with E-state index in [1.807, 2.05) is 82.3 Å². The van der Waals surface area contributed by atoms with Crippen LogP contribution in [0.3, 0.4) is 0 Å². The lowest BCUT2D eigenvalue weighted by atomic mass is 9.92. The molecule has 2 aromatic carbocycles. The summed E-state index contributed by atoms with van der Waals surface area (Å²) >= 11 is 0. The molecule has 3 atom stereocenters. The summed E-state index contributed by atoms with van der Waals surface area (Å²) in [6, 6.07) is 16.4. The number of benzene rings is 2. The Morgan fingerprint density at radius 3 is 2.35 bits per heavy atom. The third-order valence-electron chi connectivity index (χ3n) is 5.86. The number of amides is 2. The Kier molecular flexibility index (Phi) is 8.56. The van der Waals surface area contributed by atoms with Crippen LogP contribution in [0.15, 0.2) is 54.6 Å². The topological polar surface area (TPSA) is 88.1 Å². The first-order valence-electron chi connectivity index (χ1n) is 11.9. The van der Waals surface area contributed by atoms with Crippen molar-refractivity contribution in [3.05, 3.63) is 71.3 Å². The highest BCUT2D eigenvalue weighted by molar-refractivity contribution is 5.69. The van der Waals surface area contributed by atoms with Gasteiger partial charge in [-0.25, -0.2) is 9.59 Å². The Bertz CT molecular complexity index is 940. The lowest BCUT2D eigenvalue weighted by Gasteiger charge is -2.37. The third-order valence-corrected chi connectivity index (χ3v) is 5.86. The van der Waals surface area contributed by atoms with Crippen LogP contribution in [0.2, 0.25) is 0 Å². The van der Waals surface area contributed by atoms with Crippen LogP contribution in [-0.2, 0) is 16.1 Å². The molecule has 0 radical (unpaired) electrons. The molecule has 1 fully saturated rings. The quantitative estimate of drug-likeness (QED) is 0.585. The van der Waals surface area contributed by atoms with Gasteiger partial charge in [0.1, 0.15) is 12.2 Å². The van der Waals surface area contributed by atoms with Crippen molar-refractivity contribution >= 4 is 12.2 Å². The molecule has 0 aromatic heterocycles. The van der Waals surface area contributed by atoms with Gasteiger partial charge in [0.2, 0.25) is 0 Å². The van der Waals surface area contributed by atoms with Gasteiger partial charge in [-0.15, -0.1) is 0 Å². The molecule has 1 heterocycles. The highest BCUT2D eigenvalue weighted by Gasteiger charge is 2.34. The summed E-state index contributed by atoms with van der Waals surface area (Å²) in [6.07, 6.45) is 0.832. The average molecular weight is 469 g/mol. The second-order valence-electron chi connectivity index (χ2n) is 9.78. The molecule has 1 unspecified atom stereocenters. The fourth-order valence-electron chi connectivity index (χ4n) is 4.09. The van der Waals surface area contributed by atoms with Gasteiger partial charge in [0.25, 0.3) is 0 Å². The number of hydrogen-bond donors (Lipinski definition) is 2. The average Bonchev–Trinajstić information content (AvgIpc) is 2.81. The molecule has 2 amide bonds. The van der Waals surface area contributed by atoms with Gasteiger partial charge in [0.15, 0.2) is 0 Å². The minimum absolute atomic E-state index is 0.205. The second-order valence-corrected chi connectivity index (χ2v) is 9.78. The van der Waals surface area contributed by atoms with E-state index in [-0.39, 0.29) is 18.7 Å². The summed E-state index contributed by atoms with van der Waals surface area (Å²) in [4.78, 5) is 26.5. The second kappa shape index (κ2) is 11.4. The van der Waals surface area contributed by atoms with Crippen LogP contribution >= 0.6 is 0 Å². The van der Waals surface area contributed by atoms with E-state index in [2.05, 4.69) is 5.32 Å². The summed E-state index contributed by atoms with van der Waals surface area (Å²) in [7, 11) is 0. The molecule has 184 valence electrons. The van der Waals surface area contributed by atoms with Crippen molar-refractivity contribution in [1.82, 2.24) is 10.2 Å². The predicted molar refractivity (Wildman–Crippen MR) is 130 cm³/mol. The zero-order valence-electron chi connectivity index (χ0n) is 20.5. The highest BCUT2D eigenvalue weighted by Crippen LogP contribution is 2.30. The number of nitrogens with one attached hydrogen (secondary N) is 1. The molecule has 0 aliphatic carbocycles. The molecule has 7 heteroatoms. The van der Waals surface area contributed by atoms with E-state index >= 15 is 0 Å². The SMILES string of the molecule is C[C@H](NC(=O)OC(C)(C)C)c1ccc(C(O)[C@H]2CCCCN2C(=O)OCc2ccccc2)cc1. The fourth-order valence-corrected chi connectivity index (χ4v) is 4.09. The van der Waals surface area contributed by atoms with Gasteiger partial charge in [0, 0.05) is 6.54 Å². The lowest BCUT2D eigenvalue weighted by molar-refractivity contribution is 0.0135. The predicted octanol–water partition coefficient (Wildman–Crippen LogP) is 5.50. The van der Waals surface area contributed by atoms with Crippen LogP contribution in [0.4, 0.5) is 9.59 Å². The Morgan fingerprint density at radius 2 is 1.71 bits per heavy atom. The third kappa shape index (κ3) is 7.22. The number of nitrogens with zero attached hydrogens (tertiary/aromatic N) is 1. The van der Waals surface area contributed by atoms with Gasteiger partial charge in [-0.2, -0.15) is 0 Å². The number of aliphatic hydroxyl groups excluding tert-OH is 1. The largest absolute Gasteiger partial charge is 0.445 e. The smallest absolute Gasteiger partial charge is 0.410 e. The van der Waals surface area contributed by atoms with Crippen molar-refractivity contribution < 1.29 is 24.2 Å². The minimum atomic E-state index is -0.826. The van der Waals surface area contributed by atoms with Crippen LogP contribution < -0.4 is 5.32 Å². The Morgan fingerprint density at radius 1 is 1.06 bits per heavy atom. The molecular formula is C27H36N2O5. The number of aliphatic hydroxyl groups is 1. The van der Waals surface area contributed by atoms with Gasteiger partial charge >= 0.3 is 12.2 Å². The molecule has 2 aromatic rings. The Labute approximate surface area is 202 Å². The van der Waals surface area contributed by atoms with Gasteiger partial charge in [0.05, 0.1) is 18.2 Å². The maximum atomic E-state index is 12.8. The Balaban J connectivity index is 1.61. The first-order valence-corrected chi connectivity index (χ1v) is 11.9. The molecule has 0 spiro atoms. The van der Waals surface area contributed by atoms with Crippen LogP contribution in [0.5, 0.6) is 0 Å². The van der Waals surface area contributed by atoms with E-state index in [0.717, 1.165) is 29.5 Å².